The molecule has 0 amide bonds. The summed E-state index contributed by atoms with van der Waals surface area (Å²) in [6, 6.07) is 0. The van der Waals surface area contributed by atoms with Crippen molar-refractivity contribution >= 4 is 6.08 Å². The Balaban J connectivity index is 3.17. The van der Waals surface area contributed by atoms with Gasteiger partial charge in [-0.2, -0.15) is 0 Å². The van der Waals surface area contributed by atoms with E-state index in [0.29, 0.717) is 11.3 Å². The average molecular weight is 169 g/mol. The summed E-state index contributed by atoms with van der Waals surface area (Å²) < 4.78 is 11.0. The molecule has 66 valence electrons. The van der Waals surface area contributed by atoms with Crippen molar-refractivity contribution in [2.24, 2.45) is 0 Å². The van der Waals surface area contributed by atoms with Gasteiger partial charge in [-0.25, -0.2) is 0 Å². The highest BCUT2D eigenvalue weighted by atomic mass is 16.6. The number of aromatic nitrogens is 1. The summed E-state index contributed by atoms with van der Waals surface area (Å²) in [5.41, 5.74) is 0.288. The van der Waals surface area contributed by atoms with Crippen LogP contribution in [0.3, 0.4) is 0 Å². The van der Waals surface area contributed by atoms with Crippen molar-refractivity contribution in [1.82, 2.24) is 4.74 Å². The van der Waals surface area contributed by atoms with Crippen LogP contribution in [0.5, 0.6) is 0 Å². The Labute approximate surface area is 70.0 Å². The predicted molar refractivity (Wildman–Crippen MR) is 44.8 cm³/mol. The van der Waals surface area contributed by atoms with Crippen molar-refractivity contribution in [2.75, 3.05) is 7.11 Å². The van der Waals surface area contributed by atoms with E-state index in [1.165, 1.54) is 13.2 Å². The molecule has 0 aliphatic heterocycles. The van der Waals surface area contributed by atoms with Gasteiger partial charge in [-0.1, -0.05) is 12.7 Å². The van der Waals surface area contributed by atoms with E-state index < -0.39 is 0 Å². The van der Waals surface area contributed by atoms with Crippen molar-refractivity contribution in [2.45, 2.75) is 13.7 Å². The van der Waals surface area contributed by atoms with Gasteiger partial charge in [0.2, 0.25) is 0 Å². The van der Waals surface area contributed by atoms with Crippen LogP contribution in [0.2, 0.25) is 0 Å². The highest BCUT2D eigenvalue weighted by Gasteiger charge is 2.09. The molecule has 0 spiro atoms. The molecule has 4 nitrogen and oxygen atoms in total. The lowest BCUT2D eigenvalue weighted by atomic mass is 10.3. The first-order valence-electron chi connectivity index (χ1n) is 3.52. The first-order valence-corrected chi connectivity index (χ1v) is 3.52. The van der Waals surface area contributed by atoms with Gasteiger partial charge in [0.15, 0.2) is 6.73 Å². The summed E-state index contributed by atoms with van der Waals surface area (Å²) in [6.45, 7) is 5.36. The molecule has 0 radical (unpaired) electrons. The van der Waals surface area contributed by atoms with Crippen molar-refractivity contribution in [1.29, 1.82) is 0 Å². The Bertz CT molecular complexity index is 335. The van der Waals surface area contributed by atoms with E-state index in [1.54, 1.807) is 6.92 Å². The van der Waals surface area contributed by atoms with Crippen LogP contribution in [0.4, 0.5) is 0 Å². The number of nitrogens with zero attached hydrogens (tertiary/aromatic N) is 1. The molecule has 0 aliphatic rings. The third-order valence-corrected chi connectivity index (χ3v) is 1.53. The average Bonchev–Trinajstić information content (AvgIpc) is 2.29. The molecular formula is C8H11NO3. The summed E-state index contributed by atoms with van der Waals surface area (Å²) in [7, 11) is 1.50. The minimum absolute atomic E-state index is 0.132. The zero-order chi connectivity index (χ0) is 9.14. The number of rotatable bonds is 3. The van der Waals surface area contributed by atoms with Gasteiger partial charge in [-0.3, -0.25) is 4.79 Å². The minimum atomic E-state index is -0.204. The van der Waals surface area contributed by atoms with Crippen LogP contribution in [0.25, 0.3) is 6.08 Å². The summed E-state index contributed by atoms with van der Waals surface area (Å²) in [5.74, 6) is 0.562. The zero-order valence-corrected chi connectivity index (χ0v) is 7.16. The summed E-state index contributed by atoms with van der Waals surface area (Å²) in [4.78, 5) is 11.3. The summed E-state index contributed by atoms with van der Waals surface area (Å²) in [6.07, 6.45) is 1.48. The van der Waals surface area contributed by atoms with Gasteiger partial charge in [0.1, 0.15) is 5.76 Å². The Morgan fingerprint density at radius 1 is 1.75 bits per heavy atom. The third kappa shape index (κ3) is 1.33. The van der Waals surface area contributed by atoms with Gasteiger partial charge in [0.05, 0.1) is 5.56 Å². The molecule has 4 heteroatoms. The SMILES string of the molecule is C=Cc1c(C)on(COC)c1=O. The highest BCUT2D eigenvalue weighted by molar-refractivity contribution is 5.46. The maximum Gasteiger partial charge on any atom is 0.292 e. The molecule has 0 aromatic carbocycles. The van der Waals surface area contributed by atoms with Gasteiger partial charge in [0.25, 0.3) is 5.56 Å². The lowest BCUT2D eigenvalue weighted by molar-refractivity contribution is 0.0557. The molecule has 0 bridgehead atoms. The van der Waals surface area contributed by atoms with Gasteiger partial charge < -0.3 is 9.26 Å². The van der Waals surface area contributed by atoms with Gasteiger partial charge >= 0.3 is 0 Å². The number of methoxy groups -OCH3 is 1. The number of hydrogen-bond acceptors (Lipinski definition) is 3. The van der Waals surface area contributed by atoms with E-state index in [9.17, 15) is 4.79 Å². The molecule has 1 aromatic rings. The molecule has 0 N–H and O–H groups in total. The Hall–Kier alpha value is -1.29. The van der Waals surface area contributed by atoms with Crippen LogP contribution in [0, 0.1) is 6.92 Å². The second-order valence-electron chi connectivity index (χ2n) is 2.37. The number of aryl methyl sites for hydroxylation is 1. The minimum Gasteiger partial charge on any atom is -0.378 e. The standard InChI is InChI=1S/C8H11NO3/c1-4-7-6(2)12-9(5-11-3)8(7)10/h4H,1,5H2,2-3H3. The van der Waals surface area contributed by atoms with Crippen LogP contribution in [-0.4, -0.2) is 11.8 Å². The Morgan fingerprint density at radius 3 is 2.83 bits per heavy atom. The fourth-order valence-electron chi connectivity index (χ4n) is 0.974. The summed E-state index contributed by atoms with van der Waals surface area (Å²) in [5, 5.41) is 0. The first kappa shape index (κ1) is 8.80. The van der Waals surface area contributed by atoms with Gasteiger partial charge in [-0.15, -0.1) is 4.74 Å². The molecule has 1 heterocycles. The normalized spacial score (nSPS) is 10.2. The van der Waals surface area contributed by atoms with E-state index in [4.69, 9.17) is 9.26 Å². The van der Waals surface area contributed by atoms with Crippen LogP contribution >= 0.6 is 0 Å². The topological polar surface area (TPSA) is 44.4 Å². The molecule has 0 unspecified atom stereocenters. The lowest BCUT2D eigenvalue weighted by Crippen LogP contribution is -2.16. The first-order chi connectivity index (χ1) is 5.70. The van der Waals surface area contributed by atoms with Crippen LogP contribution in [-0.2, 0) is 11.5 Å². The number of ether oxygens (including phenoxy) is 1. The van der Waals surface area contributed by atoms with Gasteiger partial charge in [0, 0.05) is 7.11 Å². The third-order valence-electron chi connectivity index (χ3n) is 1.53. The predicted octanol–water partition coefficient (Wildman–Crippen LogP) is 0.997. The number of hydrogen-bond donors (Lipinski definition) is 0. The van der Waals surface area contributed by atoms with Crippen molar-refractivity contribution in [3.05, 3.63) is 28.3 Å². The fourth-order valence-corrected chi connectivity index (χ4v) is 0.974. The van der Waals surface area contributed by atoms with Crippen LogP contribution < -0.4 is 5.56 Å². The van der Waals surface area contributed by atoms with Crippen LogP contribution in [0.15, 0.2) is 15.9 Å². The molecule has 0 fully saturated rings. The smallest absolute Gasteiger partial charge is 0.292 e. The highest BCUT2D eigenvalue weighted by Crippen LogP contribution is 2.03. The van der Waals surface area contributed by atoms with Crippen molar-refractivity contribution in [3.8, 4) is 0 Å². The molecule has 12 heavy (non-hydrogen) atoms. The quantitative estimate of drug-likeness (QED) is 0.677. The molecule has 0 saturated heterocycles. The molecule has 1 aromatic heterocycles. The molecule has 0 saturated carbocycles. The van der Waals surface area contributed by atoms with Crippen LogP contribution in [0.1, 0.15) is 11.3 Å². The molecule has 0 aliphatic carbocycles. The largest absolute Gasteiger partial charge is 0.378 e. The molecular weight excluding hydrogens is 158 g/mol. The van der Waals surface area contributed by atoms with Crippen molar-refractivity contribution in [3.63, 3.8) is 0 Å². The maximum absolute atomic E-state index is 11.3. The van der Waals surface area contributed by atoms with E-state index in [-0.39, 0.29) is 12.3 Å². The van der Waals surface area contributed by atoms with E-state index >= 15 is 0 Å². The lowest BCUT2D eigenvalue weighted by Gasteiger charge is -1.94. The fraction of sp³-hybridized carbons (Fsp3) is 0.375. The zero-order valence-electron chi connectivity index (χ0n) is 7.16. The molecule has 1 rings (SSSR count). The van der Waals surface area contributed by atoms with Crippen molar-refractivity contribution < 1.29 is 9.26 Å². The van der Waals surface area contributed by atoms with E-state index in [0.717, 1.165) is 4.74 Å². The maximum atomic E-state index is 11.3. The van der Waals surface area contributed by atoms with Gasteiger partial charge in [-0.05, 0) is 6.92 Å². The van der Waals surface area contributed by atoms with E-state index in [1.807, 2.05) is 0 Å². The second-order valence-corrected chi connectivity index (χ2v) is 2.37. The monoisotopic (exact) mass is 169 g/mol. The summed E-state index contributed by atoms with van der Waals surface area (Å²) >= 11 is 0. The Kier molecular flexibility index (Phi) is 2.50. The Morgan fingerprint density at radius 2 is 2.42 bits per heavy atom. The second kappa shape index (κ2) is 3.40. The van der Waals surface area contributed by atoms with E-state index in [2.05, 4.69) is 6.58 Å². The molecule has 0 atom stereocenters.